The van der Waals surface area contributed by atoms with Gasteiger partial charge in [-0.15, -0.1) is 10.2 Å². The number of tetrazole rings is 1. The van der Waals surface area contributed by atoms with Crippen molar-refractivity contribution in [3.8, 4) is 0 Å². The Morgan fingerprint density at radius 2 is 2.14 bits per heavy atom. The zero-order valence-corrected chi connectivity index (χ0v) is 13.8. The van der Waals surface area contributed by atoms with Crippen molar-refractivity contribution >= 4 is 29.2 Å². The number of methoxy groups -OCH3 is 1. The molecule has 0 aliphatic rings. The largest absolute Gasteiger partial charge is 0.468 e. The van der Waals surface area contributed by atoms with Crippen LogP contribution in [-0.4, -0.2) is 45.2 Å². The van der Waals surface area contributed by atoms with E-state index in [2.05, 4.69) is 15.4 Å². The molecule has 0 radical (unpaired) electrons. The van der Waals surface area contributed by atoms with Crippen LogP contribution in [-0.2, 0) is 23.1 Å². The van der Waals surface area contributed by atoms with Crippen LogP contribution >= 0.6 is 23.2 Å². The maximum Gasteiger partial charge on any atom is 0.327 e. The third-order valence-corrected chi connectivity index (χ3v) is 3.80. The molecule has 0 saturated carbocycles. The molecule has 0 aliphatic carbocycles. The summed E-state index contributed by atoms with van der Waals surface area (Å²) in [4.78, 5) is 15.3. The lowest BCUT2D eigenvalue weighted by molar-refractivity contribution is -0.147. The van der Waals surface area contributed by atoms with Crippen molar-refractivity contribution in [2.45, 2.75) is 12.6 Å². The fourth-order valence-electron chi connectivity index (χ4n) is 2.07. The summed E-state index contributed by atoms with van der Waals surface area (Å²) in [6.07, 6.45) is 0. The van der Waals surface area contributed by atoms with E-state index in [4.69, 9.17) is 27.9 Å². The van der Waals surface area contributed by atoms with Crippen LogP contribution in [0.4, 0.5) is 0 Å². The van der Waals surface area contributed by atoms with Gasteiger partial charge >= 0.3 is 5.97 Å². The van der Waals surface area contributed by atoms with E-state index in [1.165, 1.54) is 11.9 Å². The molecule has 0 amide bonds. The van der Waals surface area contributed by atoms with Gasteiger partial charge in [0.25, 0.3) is 0 Å². The van der Waals surface area contributed by atoms with Crippen molar-refractivity contribution in [3.63, 3.8) is 0 Å². The summed E-state index contributed by atoms with van der Waals surface area (Å²) in [7, 11) is 4.77. The summed E-state index contributed by atoms with van der Waals surface area (Å²) in [5, 5.41) is 12.6. The lowest BCUT2D eigenvalue weighted by Crippen LogP contribution is -2.32. The predicted molar refractivity (Wildman–Crippen MR) is 81.5 cm³/mol. The minimum Gasteiger partial charge on any atom is -0.468 e. The minimum absolute atomic E-state index is 0.327. The van der Waals surface area contributed by atoms with Gasteiger partial charge in [0, 0.05) is 0 Å². The van der Waals surface area contributed by atoms with Gasteiger partial charge in [-0.3, -0.25) is 4.90 Å². The molecule has 0 fully saturated rings. The molecule has 1 unspecified atom stereocenters. The maximum absolute atomic E-state index is 12.1. The second kappa shape index (κ2) is 7.04. The number of esters is 1. The summed E-state index contributed by atoms with van der Waals surface area (Å²) in [5.41, 5.74) is 0.674. The van der Waals surface area contributed by atoms with E-state index in [1.54, 1.807) is 37.2 Å². The normalized spacial score (nSPS) is 12.5. The third kappa shape index (κ3) is 3.73. The van der Waals surface area contributed by atoms with Crippen LogP contribution in [0, 0.1) is 0 Å². The van der Waals surface area contributed by atoms with E-state index < -0.39 is 12.0 Å². The first kappa shape index (κ1) is 16.7. The van der Waals surface area contributed by atoms with Gasteiger partial charge < -0.3 is 4.74 Å². The SMILES string of the molecule is COC(=O)C(c1ccc(Cl)c(Cl)c1)N(C)Cc1nnn(C)n1. The lowest BCUT2D eigenvalue weighted by atomic mass is 10.1. The number of aromatic nitrogens is 4. The van der Waals surface area contributed by atoms with Crippen LogP contribution in [0.5, 0.6) is 0 Å². The Bertz CT molecular complexity index is 676. The highest BCUT2D eigenvalue weighted by Crippen LogP contribution is 2.29. The Morgan fingerprint density at radius 3 is 2.68 bits per heavy atom. The summed E-state index contributed by atoms with van der Waals surface area (Å²) >= 11 is 12.0. The second-order valence-corrected chi connectivity index (χ2v) is 5.52. The van der Waals surface area contributed by atoms with Crippen molar-refractivity contribution in [1.82, 2.24) is 25.1 Å². The highest BCUT2D eigenvalue weighted by molar-refractivity contribution is 6.42. The molecule has 1 aromatic carbocycles. The van der Waals surface area contributed by atoms with E-state index in [9.17, 15) is 4.79 Å². The predicted octanol–water partition coefficient (Wildman–Crippen LogP) is 1.86. The number of halogens is 2. The fourth-order valence-corrected chi connectivity index (χ4v) is 2.37. The van der Waals surface area contributed by atoms with E-state index >= 15 is 0 Å². The van der Waals surface area contributed by atoms with Gasteiger partial charge in [-0.2, -0.15) is 4.80 Å². The molecule has 118 valence electrons. The molecule has 9 heteroatoms. The quantitative estimate of drug-likeness (QED) is 0.771. The van der Waals surface area contributed by atoms with Gasteiger partial charge in [0.2, 0.25) is 0 Å². The van der Waals surface area contributed by atoms with Crippen molar-refractivity contribution in [1.29, 1.82) is 0 Å². The first-order valence-electron chi connectivity index (χ1n) is 6.38. The summed E-state index contributed by atoms with van der Waals surface area (Å²) in [6.45, 7) is 0.327. The van der Waals surface area contributed by atoms with Crippen LogP contribution in [0.25, 0.3) is 0 Å². The number of carbonyl (C=O) groups excluding carboxylic acids is 1. The highest BCUT2D eigenvalue weighted by atomic mass is 35.5. The van der Waals surface area contributed by atoms with Crippen molar-refractivity contribution in [2.24, 2.45) is 7.05 Å². The Hall–Kier alpha value is -1.70. The molecule has 2 rings (SSSR count). The van der Waals surface area contributed by atoms with Crippen molar-refractivity contribution in [3.05, 3.63) is 39.6 Å². The molecule has 1 atom stereocenters. The highest BCUT2D eigenvalue weighted by Gasteiger charge is 2.27. The average Bonchev–Trinajstić information content (AvgIpc) is 2.88. The number of likely N-dealkylation sites (N-methyl/N-ethyl adjacent to an activating group) is 1. The zero-order chi connectivity index (χ0) is 16.3. The first-order chi connectivity index (χ1) is 10.4. The monoisotopic (exact) mass is 343 g/mol. The number of ether oxygens (including phenoxy) is 1. The number of hydrogen-bond acceptors (Lipinski definition) is 6. The average molecular weight is 344 g/mol. The molecule has 7 nitrogen and oxygen atoms in total. The number of benzene rings is 1. The van der Waals surface area contributed by atoms with E-state index in [-0.39, 0.29) is 0 Å². The molecule has 0 saturated heterocycles. The topological polar surface area (TPSA) is 73.1 Å². The third-order valence-electron chi connectivity index (χ3n) is 3.07. The molecule has 0 bridgehead atoms. The maximum atomic E-state index is 12.1. The fraction of sp³-hybridized carbons (Fsp3) is 0.385. The van der Waals surface area contributed by atoms with E-state index in [0.29, 0.717) is 28.0 Å². The van der Waals surface area contributed by atoms with Crippen LogP contribution in [0.2, 0.25) is 10.0 Å². The molecule has 0 N–H and O–H groups in total. The van der Waals surface area contributed by atoms with E-state index in [1.807, 2.05) is 0 Å². The number of nitrogens with zero attached hydrogens (tertiary/aromatic N) is 5. The zero-order valence-electron chi connectivity index (χ0n) is 12.3. The molecular formula is C13H15Cl2N5O2. The molecule has 1 heterocycles. The smallest absolute Gasteiger partial charge is 0.327 e. The Balaban J connectivity index is 2.28. The van der Waals surface area contributed by atoms with Gasteiger partial charge in [-0.25, -0.2) is 4.79 Å². The Labute approximate surface area is 137 Å². The number of hydrogen-bond donors (Lipinski definition) is 0. The minimum atomic E-state index is -0.649. The van der Waals surface area contributed by atoms with Crippen LogP contribution in [0.3, 0.4) is 0 Å². The molecule has 1 aromatic heterocycles. The second-order valence-electron chi connectivity index (χ2n) is 4.71. The molecule has 0 spiro atoms. The summed E-state index contributed by atoms with van der Waals surface area (Å²) in [5.74, 6) is 0.0868. The molecule has 0 aliphatic heterocycles. The summed E-state index contributed by atoms with van der Waals surface area (Å²) < 4.78 is 4.88. The van der Waals surface area contributed by atoms with Crippen LogP contribution < -0.4 is 0 Å². The summed E-state index contributed by atoms with van der Waals surface area (Å²) in [6, 6.07) is 4.37. The molecular weight excluding hydrogens is 329 g/mol. The number of rotatable bonds is 5. The van der Waals surface area contributed by atoms with Gasteiger partial charge in [0.1, 0.15) is 6.04 Å². The molecule has 2 aromatic rings. The number of carbonyl (C=O) groups is 1. The Kier molecular flexibility index (Phi) is 5.33. The van der Waals surface area contributed by atoms with Gasteiger partial charge in [0.05, 0.1) is 30.7 Å². The van der Waals surface area contributed by atoms with Gasteiger partial charge in [-0.05, 0) is 30.0 Å². The Morgan fingerprint density at radius 1 is 1.41 bits per heavy atom. The van der Waals surface area contributed by atoms with Gasteiger partial charge in [0.15, 0.2) is 5.82 Å². The standard InChI is InChI=1S/C13H15Cl2N5O2/c1-19(7-11-16-18-20(2)17-11)12(13(21)22-3)8-4-5-9(14)10(15)6-8/h4-6,12H,7H2,1-3H3. The lowest BCUT2D eigenvalue weighted by Gasteiger charge is -2.25. The van der Waals surface area contributed by atoms with Crippen molar-refractivity contribution < 1.29 is 9.53 Å². The van der Waals surface area contributed by atoms with Crippen molar-refractivity contribution in [2.75, 3.05) is 14.2 Å². The number of aryl methyl sites for hydroxylation is 1. The van der Waals surface area contributed by atoms with E-state index in [0.717, 1.165) is 0 Å². The van der Waals surface area contributed by atoms with Gasteiger partial charge in [-0.1, -0.05) is 29.3 Å². The van der Waals surface area contributed by atoms with Crippen LogP contribution in [0.1, 0.15) is 17.4 Å². The van der Waals surface area contributed by atoms with Crippen LogP contribution in [0.15, 0.2) is 18.2 Å². The first-order valence-corrected chi connectivity index (χ1v) is 7.14. The molecule has 22 heavy (non-hydrogen) atoms.